The van der Waals surface area contributed by atoms with E-state index in [1.54, 1.807) is 18.2 Å². The summed E-state index contributed by atoms with van der Waals surface area (Å²) >= 11 is 4.85. The maximum Gasteiger partial charge on any atom is 0.257 e. The van der Waals surface area contributed by atoms with Gasteiger partial charge in [0.05, 0.1) is 10.2 Å². The van der Waals surface area contributed by atoms with Crippen molar-refractivity contribution in [2.45, 2.75) is 0 Å². The molecule has 5 nitrogen and oxygen atoms in total. The first-order chi connectivity index (χ1) is 10.7. The van der Waals surface area contributed by atoms with E-state index >= 15 is 0 Å². The second-order valence-corrected chi connectivity index (χ2v) is 6.60. The molecule has 2 heterocycles. The Kier molecular flexibility index (Phi) is 3.24. The van der Waals surface area contributed by atoms with Gasteiger partial charge in [-0.15, -0.1) is 0 Å². The van der Waals surface area contributed by atoms with E-state index in [-0.39, 0.29) is 12.7 Å². The molecule has 0 bridgehead atoms. The van der Waals surface area contributed by atoms with Crippen molar-refractivity contribution in [3.05, 3.63) is 46.4 Å². The normalized spacial score (nSPS) is 12.6. The van der Waals surface area contributed by atoms with Gasteiger partial charge in [-0.3, -0.25) is 10.1 Å². The first-order valence-corrected chi connectivity index (χ1v) is 8.07. The molecule has 3 aromatic rings. The molecule has 1 amide bonds. The number of fused-ring (bicyclic) bond motifs is 2. The molecule has 2 aromatic carbocycles. The van der Waals surface area contributed by atoms with Crippen molar-refractivity contribution in [1.29, 1.82) is 0 Å². The van der Waals surface area contributed by atoms with E-state index < -0.39 is 0 Å². The van der Waals surface area contributed by atoms with E-state index in [0.29, 0.717) is 22.2 Å². The van der Waals surface area contributed by atoms with Crippen molar-refractivity contribution in [3.63, 3.8) is 0 Å². The lowest BCUT2D eigenvalue weighted by Crippen LogP contribution is -2.11. The van der Waals surface area contributed by atoms with Gasteiger partial charge in [-0.1, -0.05) is 27.3 Å². The number of rotatable bonds is 2. The minimum Gasteiger partial charge on any atom is -0.454 e. The van der Waals surface area contributed by atoms with Crippen LogP contribution in [0.2, 0.25) is 0 Å². The molecule has 0 aliphatic carbocycles. The average molecular weight is 377 g/mol. The molecule has 1 aliphatic heterocycles. The molecule has 0 radical (unpaired) electrons. The van der Waals surface area contributed by atoms with Crippen molar-refractivity contribution in [3.8, 4) is 11.5 Å². The molecule has 0 fully saturated rings. The monoisotopic (exact) mass is 376 g/mol. The van der Waals surface area contributed by atoms with Gasteiger partial charge in [0.15, 0.2) is 16.6 Å². The number of thiazole rings is 1. The standard InChI is InChI=1S/C15H9BrN2O3S/c16-9-2-3-10-13(6-9)22-15(17-10)18-14(19)8-1-4-11-12(5-8)21-7-20-11/h1-6H,7H2,(H,17,18,19). The van der Waals surface area contributed by atoms with Gasteiger partial charge >= 0.3 is 0 Å². The Labute approximate surface area is 138 Å². The van der Waals surface area contributed by atoms with Crippen molar-refractivity contribution in [1.82, 2.24) is 4.98 Å². The number of carbonyl (C=O) groups is 1. The van der Waals surface area contributed by atoms with Crippen LogP contribution < -0.4 is 14.8 Å². The fourth-order valence-electron chi connectivity index (χ4n) is 2.16. The summed E-state index contributed by atoms with van der Waals surface area (Å²) in [7, 11) is 0. The van der Waals surface area contributed by atoms with Gasteiger partial charge in [0.2, 0.25) is 6.79 Å². The first-order valence-electron chi connectivity index (χ1n) is 6.46. The minimum atomic E-state index is -0.226. The molecule has 110 valence electrons. The summed E-state index contributed by atoms with van der Waals surface area (Å²) in [6.07, 6.45) is 0. The zero-order valence-corrected chi connectivity index (χ0v) is 13.5. The molecule has 7 heteroatoms. The maximum absolute atomic E-state index is 12.3. The Morgan fingerprint density at radius 1 is 1.18 bits per heavy atom. The second kappa shape index (κ2) is 5.26. The van der Waals surface area contributed by atoms with Crippen molar-refractivity contribution in [2.75, 3.05) is 12.1 Å². The molecular weight excluding hydrogens is 368 g/mol. The molecule has 1 N–H and O–H groups in total. The van der Waals surface area contributed by atoms with Crippen LogP contribution in [0, 0.1) is 0 Å². The fourth-order valence-corrected chi connectivity index (χ4v) is 3.57. The van der Waals surface area contributed by atoms with Crippen LogP contribution in [0.3, 0.4) is 0 Å². The summed E-state index contributed by atoms with van der Waals surface area (Å²) < 4.78 is 12.5. The Bertz CT molecular complexity index is 894. The van der Waals surface area contributed by atoms with Crippen LogP contribution in [0.5, 0.6) is 11.5 Å². The van der Waals surface area contributed by atoms with Gasteiger partial charge in [-0.2, -0.15) is 0 Å². The van der Waals surface area contributed by atoms with E-state index in [1.807, 2.05) is 18.2 Å². The van der Waals surface area contributed by atoms with Gasteiger partial charge in [0.1, 0.15) is 0 Å². The topological polar surface area (TPSA) is 60.5 Å². The highest BCUT2D eigenvalue weighted by Crippen LogP contribution is 2.33. The Hall–Kier alpha value is -2.12. The van der Waals surface area contributed by atoms with Crippen LogP contribution in [0.1, 0.15) is 10.4 Å². The maximum atomic E-state index is 12.3. The summed E-state index contributed by atoms with van der Waals surface area (Å²) in [5, 5.41) is 3.38. The fraction of sp³-hybridized carbons (Fsp3) is 0.0667. The van der Waals surface area contributed by atoms with Gasteiger partial charge in [0, 0.05) is 10.0 Å². The van der Waals surface area contributed by atoms with E-state index in [1.165, 1.54) is 11.3 Å². The second-order valence-electron chi connectivity index (χ2n) is 4.65. The number of carbonyl (C=O) groups excluding carboxylic acids is 1. The molecule has 22 heavy (non-hydrogen) atoms. The molecule has 1 aromatic heterocycles. The summed E-state index contributed by atoms with van der Waals surface area (Å²) in [5.74, 6) is 1.01. The quantitative estimate of drug-likeness (QED) is 0.732. The molecular formula is C15H9BrN2O3S. The van der Waals surface area contributed by atoms with Crippen LogP contribution >= 0.6 is 27.3 Å². The number of aromatic nitrogens is 1. The SMILES string of the molecule is O=C(Nc1nc2ccc(Br)cc2s1)c1ccc2c(c1)OCO2. The molecule has 0 saturated carbocycles. The summed E-state index contributed by atoms with van der Waals surface area (Å²) in [4.78, 5) is 16.7. The molecule has 0 atom stereocenters. The van der Waals surface area contributed by atoms with Crippen LogP contribution in [0.4, 0.5) is 5.13 Å². The van der Waals surface area contributed by atoms with Gasteiger partial charge in [-0.25, -0.2) is 4.98 Å². The summed E-state index contributed by atoms with van der Waals surface area (Å²) in [5.41, 5.74) is 1.36. The summed E-state index contributed by atoms with van der Waals surface area (Å²) in [6.45, 7) is 0.188. The number of ether oxygens (including phenoxy) is 2. The number of hydrogen-bond donors (Lipinski definition) is 1. The number of anilines is 1. The zero-order valence-electron chi connectivity index (χ0n) is 11.1. The Morgan fingerprint density at radius 2 is 2.05 bits per heavy atom. The smallest absolute Gasteiger partial charge is 0.257 e. The van der Waals surface area contributed by atoms with Crippen LogP contribution in [-0.2, 0) is 0 Å². The molecule has 1 aliphatic rings. The van der Waals surface area contributed by atoms with E-state index in [0.717, 1.165) is 14.7 Å². The molecule has 0 unspecified atom stereocenters. The lowest BCUT2D eigenvalue weighted by molar-refractivity contribution is 0.102. The molecule has 4 rings (SSSR count). The lowest BCUT2D eigenvalue weighted by atomic mass is 10.2. The Morgan fingerprint density at radius 3 is 2.95 bits per heavy atom. The van der Waals surface area contributed by atoms with E-state index in [2.05, 4.69) is 26.2 Å². The van der Waals surface area contributed by atoms with Gasteiger partial charge < -0.3 is 9.47 Å². The summed E-state index contributed by atoms with van der Waals surface area (Å²) in [6, 6.07) is 10.9. The van der Waals surface area contributed by atoms with Crippen molar-refractivity contribution in [2.24, 2.45) is 0 Å². The lowest BCUT2D eigenvalue weighted by Gasteiger charge is -2.02. The van der Waals surface area contributed by atoms with Crippen molar-refractivity contribution >= 4 is 48.5 Å². The highest BCUT2D eigenvalue weighted by molar-refractivity contribution is 9.10. The number of nitrogens with zero attached hydrogens (tertiary/aromatic N) is 1. The number of nitrogens with one attached hydrogen (secondary N) is 1. The highest BCUT2D eigenvalue weighted by Gasteiger charge is 2.17. The van der Waals surface area contributed by atoms with E-state index in [9.17, 15) is 4.79 Å². The molecule has 0 saturated heterocycles. The third-order valence-electron chi connectivity index (χ3n) is 3.21. The average Bonchev–Trinajstić information content (AvgIpc) is 3.11. The predicted molar refractivity (Wildman–Crippen MR) is 87.8 cm³/mol. The van der Waals surface area contributed by atoms with Gasteiger partial charge in [-0.05, 0) is 36.4 Å². The number of hydrogen-bond acceptors (Lipinski definition) is 5. The Balaban J connectivity index is 1.60. The first kappa shape index (κ1) is 13.5. The van der Waals surface area contributed by atoms with Gasteiger partial charge in [0.25, 0.3) is 5.91 Å². The number of halogens is 1. The predicted octanol–water partition coefficient (Wildman–Crippen LogP) is 4.04. The molecule has 0 spiro atoms. The van der Waals surface area contributed by atoms with E-state index in [4.69, 9.17) is 9.47 Å². The van der Waals surface area contributed by atoms with Crippen molar-refractivity contribution < 1.29 is 14.3 Å². The largest absolute Gasteiger partial charge is 0.454 e. The van der Waals surface area contributed by atoms with Crippen LogP contribution in [-0.4, -0.2) is 17.7 Å². The number of amides is 1. The third-order valence-corrected chi connectivity index (χ3v) is 4.63. The number of benzene rings is 2. The van der Waals surface area contributed by atoms with Crippen LogP contribution in [0.15, 0.2) is 40.9 Å². The zero-order chi connectivity index (χ0) is 15.1. The third kappa shape index (κ3) is 2.42. The van der Waals surface area contributed by atoms with Crippen LogP contribution in [0.25, 0.3) is 10.2 Å². The highest BCUT2D eigenvalue weighted by atomic mass is 79.9. The minimum absolute atomic E-state index is 0.188.